The molecule has 7 heteroatoms. The topological polar surface area (TPSA) is 91.8 Å². The van der Waals surface area contributed by atoms with E-state index >= 15 is 0 Å². The van der Waals surface area contributed by atoms with Crippen LogP contribution >= 0.6 is 0 Å². The van der Waals surface area contributed by atoms with Gasteiger partial charge in [0, 0.05) is 26.4 Å². The molecule has 1 atom stereocenters. The standard InChI is InChI=1S/C16H23N3O4/c1-23-13(16(21)22)11-18-15(20)12-6-7-14(17-10-12)19-8-4-2-3-5-9-19/h6-7,10,13H,2-5,8-9,11H2,1H3,(H,18,20)(H,21,22). The molecule has 0 saturated carbocycles. The van der Waals surface area contributed by atoms with Gasteiger partial charge in [-0.1, -0.05) is 12.8 Å². The van der Waals surface area contributed by atoms with E-state index in [4.69, 9.17) is 9.84 Å². The summed E-state index contributed by atoms with van der Waals surface area (Å²) in [7, 11) is 1.29. The fraction of sp³-hybridized carbons (Fsp3) is 0.562. The summed E-state index contributed by atoms with van der Waals surface area (Å²) < 4.78 is 4.77. The van der Waals surface area contributed by atoms with Gasteiger partial charge in [0.05, 0.1) is 12.1 Å². The number of hydrogen-bond donors (Lipinski definition) is 2. The van der Waals surface area contributed by atoms with Crippen LogP contribution in [0.5, 0.6) is 0 Å². The zero-order valence-corrected chi connectivity index (χ0v) is 13.3. The maximum Gasteiger partial charge on any atom is 0.334 e. The molecular formula is C16H23N3O4. The second-order valence-corrected chi connectivity index (χ2v) is 5.58. The maximum atomic E-state index is 12.0. The lowest BCUT2D eigenvalue weighted by Crippen LogP contribution is -2.37. The number of pyridine rings is 1. The van der Waals surface area contributed by atoms with E-state index < -0.39 is 12.1 Å². The van der Waals surface area contributed by atoms with Gasteiger partial charge in [-0.25, -0.2) is 9.78 Å². The molecule has 2 rings (SSSR count). The van der Waals surface area contributed by atoms with Crippen LogP contribution in [0.4, 0.5) is 5.82 Å². The number of aromatic nitrogens is 1. The molecule has 23 heavy (non-hydrogen) atoms. The van der Waals surface area contributed by atoms with E-state index in [1.807, 2.05) is 6.07 Å². The fourth-order valence-electron chi connectivity index (χ4n) is 2.57. The number of rotatable bonds is 6. The van der Waals surface area contributed by atoms with Crippen LogP contribution in [0.3, 0.4) is 0 Å². The number of aliphatic carboxylic acids is 1. The summed E-state index contributed by atoms with van der Waals surface area (Å²) in [6.45, 7) is 1.90. The Morgan fingerprint density at radius 2 is 2.00 bits per heavy atom. The summed E-state index contributed by atoms with van der Waals surface area (Å²) in [6, 6.07) is 3.55. The first-order chi connectivity index (χ1) is 11.1. The number of carbonyl (C=O) groups excluding carboxylic acids is 1. The Morgan fingerprint density at radius 3 is 2.52 bits per heavy atom. The van der Waals surface area contributed by atoms with Crippen molar-refractivity contribution in [1.29, 1.82) is 0 Å². The largest absolute Gasteiger partial charge is 0.479 e. The SMILES string of the molecule is COC(CNC(=O)c1ccc(N2CCCCCC2)nc1)C(=O)O. The van der Waals surface area contributed by atoms with Crippen molar-refractivity contribution in [1.82, 2.24) is 10.3 Å². The number of amides is 1. The summed E-state index contributed by atoms with van der Waals surface area (Å²) in [5.74, 6) is -0.589. The molecule has 1 aromatic rings. The zero-order chi connectivity index (χ0) is 16.7. The monoisotopic (exact) mass is 321 g/mol. The first kappa shape index (κ1) is 17.2. The Bertz CT molecular complexity index is 525. The van der Waals surface area contributed by atoms with Gasteiger partial charge < -0.3 is 20.1 Å². The van der Waals surface area contributed by atoms with Gasteiger partial charge in [0.25, 0.3) is 5.91 Å². The molecule has 0 aromatic carbocycles. The summed E-state index contributed by atoms with van der Waals surface area (Å²) >= 11 is 0. The Hall–Kier alpha value is -2.15. The van der Waals surface area contributed by atoms with E-state index in [1.165, 1.54) is 26.1 Å². The van der Waals surface area contributed by atoms with Crippen LogP contribution in [0.25, 0.3) is 0 Å². The molecule has 0 aliphatic carbocycles. The number of anilines is 1. The predicted molar refractivity (Wildman–Crippen MR) is 85.7 cm³/mol. The minimum atomic E-state index is -1.11. The Balaban J connectivity index is 1.93. The quantitative estimate of drug-likeness (QED) is 0.820. The third kappa shape index (κ3) is 4.92. The number of carboxylic acid groups (broad SMARTS) is 1. The lowest BCUT2D eigenvalue weighted by molar-refractivity contribution is -0.148. The van der Waals surface area contributed by atoms with Gasteiger partial charge in [-0.15, -0.1) is 0 Å². The van der Waals surface area contributed by atoms with Crippen LogP contribution in [-0.2, 0) is 9.53 Å². The van der Waals surface area contributed by atoms with E-state index in [0.29, 0.717) is 5.56 Å². The van der Waals surface area contributed by atoms with E-state index in [1.54, 1.807) is 6.07 Å². The van der Waals surface area contributed by atoms with E-state index in [2.05, 4.69) is 15.2 Å². The smallest absolute Gasteiger partial charge is 0.334 e. The Labute approximate surface area is 135 Å². The van der Waals surface area contributed by atoms with Gasteiger partial charge in [-0.3, -0.25) is 4.79 Å². The molecule has 2 N–H and O–H groups in total. The molecule has 2 heterocycles. The molecule has 1 fully saturated rings. The number of methoxy groups -OCH3 is 1. The van der Waals surface area contributed by atoms with Crippen molar-refractivity contribution in [3.8, 4) is 0 Å². The minimum Gasteiger partial charge on any atom is -0.479 e. The number of carbonyl (C=O) groups is 2. The van der Waals surface area contributed by atoms with Crippen LogP contribution < -0.4 is 10.2 Å². The number of nitrogens with zero attached hydrogens (tertiary/aromatic N) is 2. The second-order valence-electron chi connectivity index (χ2n) is 5.58. The van der Waals surface area contributed by atoms with Gasteiger partial charge in [-0.2, -0.15) is 0 Å². The van der Waals surface area contributed by atoms with Crippen LogP contribution in [0.1, 0.15) is 36.0 Å². The van der Waals surface area contributed by atoms with Crippen molar-refractivity contribution in [3.05, 3.63) is 23.9 Å². The van der Waals surface area contributed by atoms with Crippen molar-refractivity contribution in [2.45, 2.75) is 31.8 Å². The molecule has 0 spiro atoms. The van der Waals surface area contributed by atoms with E-state index in [9.17, 15) is 9.59 Å². The van der Waals surface area contributed by atoms with Gasteiger partial charge in [-0.05, 0) is 25.0 Å². The summed E-state index contributed by atoms with van der Waals surface area (Å²) in [6.07, 6.45) is 5.30. The van der Waals surface area contributed by atoms with Crippen molar-refractivity contribution < 1.29 is 19.4 Å². The number of carboxylic acids is 1. The molecule has 1 amide bonds. The second kappa shape index (κ2) is 8.47. The van der Waals surface area contributed by atoms with Crippen LogP contribution in [0.15, 0.2) is 18.3 Å². The molecule has 1 unspecified atom stereocenters. The molecule has 0 radical (unpaired) electrons. The molecule has 1 aliphatic rings. The fourth-order valence-corrected chi connectivity index (χ4v) is 2.57. The lowest BCUT2D eigenvalue weighted by Gasteiger charge is -2.21. The Morgan fingerprint density at radius 1 is 1.30 bits per heavy atom. The number of hydrogen-bond acceptors (Lipinski definition) is 5. The van der Waals surface area contributed by atoms with Crippen LogP contribution in [0.2, 0.25) is 0 Å². The highest BCUT2D eigenvalue weighted by molar-refractivity contribution is 5.94. The molecule has 1 aliphatic heterocycles. The third-order valence-electron chi connectivity index (χ3n) is 3.95. The highest BCUT2D eigenvalue weighted by Crippen LogP contribution is 2.17. The average Bonchev–Trinajstić information content (AvgIpc) is 2.84. The first-order valence-corrected chi connectivity index (χ1v) is 7.86. The summed E-state index contributed by atoms with van der Waals surface area (Å²) in [5, 5.41) is 11.4. The zero-order valence-electron chi connectivity index (χ0n) is 13.3. The molecule has 1 saturated heterocycles. The van der Waals surface area contributed by atoms with Gasteiger partial charge in [0.2, 0.25) is 0 Å². The van der Waals surface area contributed by atoms with Gasteiger partial charge >= 0.3 is 5.97 Å². The normalized spacial score (nSPS) is 16.5. The van der Waals surface area contributed by atoms with Gasteiger partial charge in [0.1, 0.15) is 5.82 Å². The number of nitrogens with one attached hydrogen (secondary N) is 1. The summed E-state index contributed by atoms with van der Waals surface area (Å²) in [4.78, 5) is 29.5. The maximum absolute atomic E-state index is 12.0. The highest BCUT2D eigenvalue weighted by Gasteiger charge is 2.18. The van der Waals surface area contributed by atoms with Crippen molar-refractivity contribution in [3.63, 3.8) is 0 Å². The predicted octanol–water partition coefficient (Wildman–Crippen LogP) is 1.29. The minimum absolute atomic E-state index is 0.0848. The molecular weight excluding hydrogens is 298 g/mol. The van der Waals surface area contributed by atoms with Crippen LogP contribution in [0, 0.1) is 0 Å². The van der Waals surface area contributed by atoms with Crippen LogP contribution in [-0.4, -0.2) is 54.8 Å². The lowest BCUT2D eigenvalue weighted by atomic mass is 10.2. The van der Waals surface area contributed by atoms with Crippen molar-refractivity contribution >= 4 is 17.7 Å². The molecule has 7 nitrogen and oxygen atoms in total. The first-order valence-electron chi connectivity index (χ1n) is 7.86. The molecule has 1 aromatic heterocycles. The highest BCUT2D eigenvalue weighted by atomic mass is 16.5. The average molecular weight is 321 g/mol. The van der Waals surface area contributed by atoms with E-state index in [-0.39, 0.29) is 12.5 Å². The molecule has 126 valence electrons. The van der Waals surface area contributed by atoms with Crippen molar-refractivity contribution in [2.75, 3.05) is 31.6 Å². The van der Waals surface area contributed by atoms with Gasteiger partial charge in [0.15, 0.2) is 6.10 Å². The molecule has 0 bridgehead atoms. The van der Waals surface area contributed by atoms with Crippen molar-refractivity contribution in [2.24, 2.45) is 0 Å². The Kier molecular flexibility index (Phi) is 6.34. The third-order valence-corrected chi connectivity index (χ3v) is 3.95. The summed E-state index contributed by atoms with van der Waals surface area (Å²) in [5.41, 5.74) is 0.406. The van der Waals surface area contributed by atoms with E-state index in [0.717, 1.165) is 31.7 Å². The number of ether oxygens (including phenoxy) is 1.